The van der Waals surface area contributed by atoms with Crippen molar-refractivity contribution in [2.24, 2.45) is 0 Å². The SMILES string of the molecule is O=C(/C=C/c1ccc(F)c(Cl)c1)N1CC[NH+]([C@H]2CCS(=O)(=O)C2)CC1. The summed E-state index contributed by atoms with van der Waals surface area (Å²) in [5.41, 5.74) is 0.667. The molecule has 0 radical (unpaired) electrons. The Morgan fingerprint density at radius 1 is 1.32 bits per heavy atom. The molecule has 2 fully saturated rings. The number of halogens is 2. The van der Waals surface area contributed by atoms with Gasteiger partial charge in [0.25, 0.3) is 0 Å². The summed E-state index contributed by atoms with van der Waals surface area (Å²) in [6, 6.07) is 4.47. The Kier molecular flexibility index (Phi) is 5.46. The second-order valence-electron chi connectivity index (χ2n) is 6.59. The molecule has 2 heterocycles. The van der Waals surface area contributed by atoms with Crippen molar-refractivity contribution in [3.63, 3.8) is 0 Å². The van der Waals surface area contributed by atoms with Gasteiger partial charge in [-0.1, -0.05) is 17.7 Å². The van der Waals surface area contributed by atoms with Gasteiger partial charge in [0.05, 0.1) is 37.0 Å². The molecular formula is C17H21ClFN2O3S+. The first-order chi connectivity index (χ1) is 11.8. The van der Waals surface area contributed by atoms with E-state index < -0.39 is 15.7 Å². The maximum absolute atomic E-state index is 13.1. The number of nitrogens with zero attached hydrogens (tertiary/aromatic N) is 1. The summed E-state index contributed by atoms with van der Waals surface area (Å²) in [5, 5.41) is 0.0262. The van der Waals surface area contributed by atoms with Crippen LogP contribution < -0.4 is 4.90 Å². The lowest BCUT2D eigenvalue weighted by Crippen LogP contribution is -3.18. The molecule has 1 aromatic rings. The lowest BCUT2D eigenvalue weighted by molar-refractivity contribution is -0.925. The van der Waals surface area contributed by atoms with Gasteiger partial charge < -0.3 is 9.80 Å². The fourth-order valence-corrected chi connectivity index (χ4v) is 5.44. The maximum atomic E-state index is 13.1. The van der Waals surface area contributed by atoms with Gasteiger partial charge in [-0.05, 0) is 23.8 Å². The number of carbonyl (C=O) groups excluding carboxylic acids is 1. The lowest BCUT2D eigenvalue weighted by atomic mass is 10.1. The average Bonchev–Trinajstić information content (AvgIpc) is 2.96. The molecule has 3 rings (SSSR count). The second kappa shape index (κ2) is 7.43. The topological polar surface area (TPSA) is 58.9 Å². The number of rotatable bonds is 3. The molecule has 8 heteroatoms. The Labute approximate surface area is 152 Å². The zero-order chi connectivity index (χ0) is 18.0. The molecule has 0 aromatic heterocycles. The van der Waals surface area contributed by atoms with Crippen LogP contribution in [-0.4, -0.2) is 63.0 Å². The number of sulfone groups is 1. The summed E-state index contributed by atoms with van der Waals surface area (Å²) in [6.45, 7) is 2.75. The Morgan fingerprint density at radius 3 is 2.64 bits per heavy atom. The van der Waals surface area contributed by atoms with E-state index in [9.17, 15) is 17.6 Å². The number of quaternary nitrogens is 1. The molecule has 1 amide bonds. The van der Waals surface area contributed by atoms with E-state index in [-0.39, 0.29) is 28.5 Å². The third-order valence-electron chi connectivity index (χ3n) is 4.89. The van der Waals surface area contributed by atoms with Crippen molar-refractivity contribution in [3.8, 4) is 0 Å². The molecule has 1 N–H and O–H groups in total. The van der Waals surface area contributed by atoms with Gasteiger partial charge in [0.2, 0.25) is 5.91 Å². The maximum Gasteiger partial charge on any atom is 0.246 e. The van der Waals surface area contributed by atoms with Gasteiger partial charge in [0.15, 0.2) is 9.84 Å². The zero-order valence-corrected chi connectivity index (χ0v) is 15.3. The third kappa shape index (κ3) is 4.59. The van der Waals surface area contributed by atoms with Crippen LogP contribution in [0.2, 0.25) is 5.02 Å². The van der Waals surface area contributed by atoms with E-state index in [2.05, 4.69) is 0 Å². The van der Waals surface area contributed by atoms with Crippen LogP contribution in [0.5, 0.6) is 0 Å². The van der Waals surface area contributed by atoms with Crippen molar-refractivity contribution >= 4 is 33.4 Å². The fourth-order valence-electron chi connectivity index (χ4n) is 3.43. The highest BCUT2D eigenvalue weighted by atomic mass is 35.5. The lowest BCUT2D eigenvalue weighted by Gasteiger charge is -2.34. The highest BCUT2D eigenvalue weighted by molar-refractivity contribution is 7.91. The minimum absolute atomic E-state index is 0.0262. The smallest absolute Gasteiger partial charge is 0.246 e. The standard InChI is InChI=1S/C17H20ClFN2O3S/c18-15-11-13(1-3-16(15)19)2-4-17(22)21-8-6-20(7-9-21)14-5-10-25(23,24)12-14/h1-4,11,14H,5-10,12H2/p+1/b4-2+/t14-/m0/s1. The average molecular weight is 388 g/mol. The first kappa shape index (κ1) is 18.4. The molecule has 1 aromatic carbocycles. The summed E-state index contributed by atoms with van der Waals surface area (Å²) in [7, 11) is -2.87. The van der Waals surface area contributed by atoms with Gasteiger partial charge >= 0.3 is 0 Å². The molecular weight excluding hydrogens is 367 g/mol. The molecule has 2 aliphatic heterocycles. The molecule has 0 bridgehead atoms. The zero-order valence-electron chi connectivity index (χ0n) is 13.7. The van der Waals surface area contributed by atoms with Crippen molar-refractivity contribution in [1.82, 2.24) is 4.90 Å². The van der Waals surface area contributed by atoms with Crippen LogP contribution in [0, 0.1) is 5.82 Å². The number of piperazine rings is 1. The summed E-state index contributed by atoms with van der Waals surface area (Å²) in [5.74, 6) is -0.0365. The second-order valence-corrected chi connectivity index (χ2v) is 9.23. The first-order valence-corrected chi connectivity index (χ1v) is 10.5. The molecule has 5 nitrogen and oxygen atoms in total. The van der Waals surface area contributed by atoms with Gasteiger partial charge in [-0.3, -0.25) is 4.79 Å². The predicted octanol–water partition coefficient (Wildman–Crippen LogP) is 0.406. The Hall–Kier alpha value is -1.44. The van der Waals surface area contributed by atoms with Crippen LogP contribution in [0.3, 0.4) is 0 Å². The van der Waals surface area contributed by atoms with Gasteiger partial charge in [-0.15, -0.1) is 0 Å². The van der Waals surface area contributed by atoms with Crippen molar-refractivity contribution in [1.29, 1.82) is 0 Å². The number of benzene rings is 1. The summed E-state index contributed by atoms with van der Waals surface area (Å²) < 4.78 is 36.3. The minimum atomic E-state index is -2.87. The van der Waals surface area contributed by atoms with E-state index in [0.29, 0.717) is 18.7 Å². The number of carbonyl (C=O) groups is 1. The molecule has 25 heavy (non-hydrogen) atoms. The molecule has 2 saturated heterocycles. The summed E-state index contributed by atoms with van der Waals surface area (Å²) in [6.07, 6.45) is 3.81. The van der Waals surface area contributed by atoms with E-state index in [1.165, 1.54) is 23.1 Å². The number of nitrogens with one attached hydrogen (secondary N) is 1. The molecule has 0 aliphatic carbocycles. The molecule has 2 aliphatic rings. The van der Waals surface area contributed by atoms with E-state index in [4.69, 9.17) is 11.6 Å². The van der Waals surface area contributed by atoms with Crippen LogP contribution >= 0.6 is 11.6 Å². The van der Waals surface area contributed by atoms with E-state index >= 15 is 0 Å². The van der Waals surface area contributed by atoms with E-state index in [1.54, 1.807) is 17.0 Å². The molecule has 1 atom stereocenters. The summed E-state index contributed by atoms with van der Waals surface area (Å²) in [4.78, 5) is 15.3. The Morgan fingerprint density at radius 2 is 2.04 bits per heavy atom. The predicted molar refractivity (Wildman–Crippen MR) is 94.8 cm³/mol. The van der Waals surface area contributed by atoms with Crippen LogP contribution in [0.15, 0.2) is 24.3 Å². The molecule has 136 valence electrons. The normalized spacial score (nSPS) is 24.1. The molecule has 0 unspecified atom stereocenters. The fraction of sp³-hybridized carbons (Fsp3) is 0.471. The number of amides is 1. The van der Waals surface area contributed by atoms with Crippen LogP contribution in [-0.2, 0) is 14.6 Å². The quantitative estimate of drug-likeness (QED) is 0.764. The monoisotopic (exact) mass is 387 g/mol. The van der Waals surface area contributed by atoms with Crippen LogP contribution in [0.1, 0.15) is 12.0 Å². The highest BCUT2D eigenvalue weighted by Gasteiger charge is 2.37. The molecule has 0 spiro atoms. The Bertz CT molecular complexity index is 789. The van der Waals surface area contributed by atoms with Crippen molar-refractivity contribution < 1.29 is 22.5 Å². The van der Waals surface area contributed by atoms with Crippen molar-refractivity contribution in [2.75, 3.05) is 37.7 Å². The minimum Gasteiger partial charge on any atom is -0.329 e. The highest BCUT2D eigenvalue weighted by Crippen LogP contribution is 2.17. The summed E-state index contributed by atoms with van der Waals surface area (Å²) >= 11 is 5.73. The third-order valence-corrected chi connectivity index (χ3v) is 6.95. The van der Waals surface area contributed by atoms with Gasteiger partial charge in [-0.25, -0.2) is 12.8 Å². The van der Waals surface area contributed by atoms with Crippen LogP contribution in [0.4, 0.5) is 4.39 Å². The van der Waals surface area contributed by atoms with E-state index in [1.807, 2.05) is 0 Å². The van der Waals surface area contributed by atoms with Crippen LogP contribution in [0.25, 0.3) is 6.08 Å². The van der Waals surface area contributed by atoms with Crippen molar-refractivity contribution in [3.05, 3.63) is 40.7 Å². The van der Waals surface area contributed by atoms with Gasteiger partial charge in [0.1, 0.15) is 17.6 Å². The number of hydrogen-bond acceptors (Lipinski definition) is 3. The molecule has 0 saturated carbocycles. The number of hydrogen-bond donors (Lipinski definition) is 1. The van der Waals surface area contributed by atoms with Gasteiger partial charge in [-0.2, -0.15) is 0 Å². The largest absolute Gasteiger partial charge is 0.329 e. The first-order valence-electron chi connectivity index (χ1n) is 8.31. The Balaban J connectivity index is 1.53. The van der Waals surface area contributed by atoms with Gasteiger partial charge in [0, 0.05) is 12.5 Å². The van der Waals surface area contributed by atoms with E-state index in [0.717, 1.165) is 19.5 Å². The van der Waals surface area contributed by atoms with Crippen molar-refractivity contribution in [2.45, 2.75) is 12.5 Å².